The van der Waals surface area contributed by atoms with Gasteiger partial charge in [0, 0.05) is 30.8 Å². The van der Waals surface area contributed by atoms with Gasteiger partial charge in [-0.3, -0.25) is 9.59 Å². The summed E-state index contributed by atoms with van der Waals surface area (Å²) in [5, 5.41) is 5.54. The molecule has 0 unspecified atom stereocenters. The van der Waals surface area contributed by atoms with Crippen molar-refractivity contribution >= 4 is 17.5 Å². The third kappa shape index (κ3) is 5.24. The molecule has 2 aromatic rings. The van der Waals surface area contributed by atoms with Gasteiger partial charge in [0.25, 0.3) is 5.91 Å². The predicted octanol–water partition coefficient (Wildman–Crippen LogP) is 2.63. The van der Waals surface area contributed by atoms with E-state index in [1.165, 1.54) is 6.92 Å². The Morgan fingerprint density at radius 2 is 1.72 bits per heavy atom. The first-order chi connectivity index (χ1) is 12.0. The van der Waals surface area contributed by atoms with E-state index in [9.17, 15) is 9.59 Å². The fourth-order valence-electron chi connectivity index (χ4n) is 2.38. The Bertz CT molecular complexity index is 742. The number of rotatable bonds is 7. The van der Waals surface area contributed by atoms with Gasteiger partial charge in [0.15, 0.2) is 0 Å². The first-order valence-corrected chi connectivity index (χ1v) is 7.90. The maximum atomic E-state index is 12.2. The van der Waals surface area contributed by atoms with Crippen LogP contribution >= 0.6 is 0 Å². The minimum absolute atomic E-state index is 0.148. The number of hydrogen-bond acceptors (Lipinski definition) is 4. The van der Waals surface area contributed by atoms with Crippen LogP contribution in [0.3, 0.4) is 0 Å². The quantitative estimate of drug-likeness (QED) is 0.811. The number of amides is 2. The van der Waals surface area contributed by atoms with Crippen LogP contribution in [0, 0.1) is 0 Å². The number of ether oxygens (including phenoxy) is 2. The number of methoxy groups -OCH3 is 2. The Kier molecular flexibility index (Phi) is 6.39. The van der Waals surface area contributed by atoms with Crippen molar-refractivity contribution in [3.63, 3.8) is 0 Å². The van der Waals surface area contributed by atoms with Crippen LogP contribution in [-0.2, 0) is 11.2 Å². The van der Waals surface area contributed by atoms with Gasteiger partial charge in [-0.05, 0) is 42.3 Å². The lowest BCUT2D eigenvalue weighted by Gasteiger charge is -2.11. The Labute approximate surface area is 147 Å². The largest absolute Gasteiger partial charge is 0.497 e. The zero-order valence-corrected chi connectivity index (χ0v) is 14.6. The number of hydrogen-bond donors (Lipinski definition) is 2. The minimum Gasteiger partial charge on any atom is -0.497 e. The third-order valence-corrected chi connectivity index (χ3v) is 3.64. The van der Waals surface area contributed by atoms with E-state index in [0.717, 1.165) is 17.1 Å². The Morgan fingerprint density at radius 3 is 2.32 bits per heavy atom. The molecule has 2 N–H and O–H groups in total. The van der Waals surface area contributed by atoms with Crippen molar-refractivity contribution in [1.29, 1.82) is 0 Å². The monoisotopic (exact) mass is 342 g/mol. The average molecular weight is 342 g/mol. The molecule has 0 spiro atoms. The van der Waals surface area contributed by atoms with Gasteiger partial charge in [-0.1, -0.05) is 6.07 Å². The molecule has 2 rings (SSSR count). The van der Waals surface area contributed by atoms with Gasteiger partial charge in [-0.15, -0.1) is 0 Å². The summed E-state index contributed by atoms with van der Waals surface area (Å²) >= 11 is 0. The minimum atomic E-state index is -0.165. The van der Waals surface area contributed by atoms with Crippen molar-refractivity contribution in [1.82, 2.24) is 5.32 Å². The average Bonchev–Trinajstić information content (AvgIpc) is 2.61. The third-order valence-electron chi connectivity index (χ3n) is 3.64. The van der Waals surface area contributed by atoms with Gasteiger partial charge >= 0.3 is 0 Å². The van der Waals surface area contributed by atoms with Gasteiger partial charge < -0.3 is 20.1 Å². The van der Waals surface area contributed by atoms with Crippen molar-refractivity contribution in [2.45, 2.75) is 13.3 Å². The normalized spacial score (nSPS) is 10.0. The van der Waals surface area contributed by atoms with E-state index in [2.05, 4.69) is 10.6 Å². The molecule has 0 saturated heterocycles. The summed E-state index contributed by atoms with van der Waals surface area (Å²) in [7, 11) is 3.21. The van der Waals surface area contributed by atoms with Gasteiger partial charge in [0.05, 0.1) is 14.2 Å². The van der Waals surface area contributed by atoms with Gasteiger partial charge in [0.2, 0.25) is 5.91 Å². The molecule has 2 amide bonds. The molecule has 0 aliphatic rings. The fraction of sp³-hybridized carbons (Fsp3) is 0.263. The number of carbonyl (C=O) groups excluding carboxylic acids is 2. The van der Waals surface area contributed by atoms with Gasteiger partial charge in [-0.25, -0.2) is 0 Å². The molecule has 0 aromatic heterocycles. The molecule has 6 heteroatoms. The van der Waals surface area contributed by atoms with Crippen molar-refractivity contribution in [3.05, 3.63) is 53.6 Å². The summed E-state index contributed by atoms with van der Waals surface area (Å²) in [4.78, 5) is 23.2. The molecule has 6 nitrogen and oxygen atoms in total. The second kappa shape index (κ2) is 8.73. The molecule has 0 heterocycles. The van der Waals surface area contributed by atoms with Crippen molar-refractivity contribution in [3.8, 4) is 11.5 Å². The van der Waals surface area contributed by atoms with Gasteiger partial charge in [-0.2, -0.15) is 0 Å². The number of carbonyl (C=O) groups is 2. The molecule has 2 aromatic carbocycles. The standard InChI is InChI=1S/C19H22N2O4/c1-13(22)21-16-7-4-15(5-8-16)19(23)20-11-10-14-6-9-17(24-2)12-18(14)25-3/h4-9,12H,10-11H2,1-3H3,(H,20,23)(H,21,22). The van der Waals surface area contributed by atoms with Crippen LogP contribution in [0.15, 0.2) is 42.5 Å². The maximum absolute atomic E-state index is 12.2. The van der Waals surface area contributed by atoms with Crippen LogP contribution in [0.4, 0.5) is 5.69 Å². The first kappa shape index (κ1) is 18.3. The SMILES string of the molecule is COc1ccc(CCNC(=O)c2ccc(NC(C)=O)cc2)c(OC)c1. The summed E-state index contributed by atoms with van der Waals surface area (Å²) in [5.74, 6) is 1.14. The van der Waals surface area contributed by atoms with E-state index in [4.69, 9.17) is 9.47 Å². The molecule has 0 radical (unpaired) electrons. The van der Waals surface area contributed by atoms with Crippen LogP contribution in [0.1, 0.15) is 22.8 Å². The molecule has 132 valence electrons. The highest BCUT2D eigenvalue weighted by molar-refractivity contribution is 5.95. The summed E-state index contributed by atoms with van der Waals surface area (Å²) in [5.41, 5.74) is 2.19. The van der Waals surface area contributed by atoms with E-state index >= 15 is 0 Å². The van der Waals surface area contributed by atoms with E-state index < -0.39 is 0 Å². The Balaban J connectivity index is 1.91. The lowest BCUT2D eigenvalue weighted by atomic mass is 10.1. The topological polar surface area (TPSA) is 76.7 Å². The molecule has 0 saturated carbocycles. The lowest BCUT2D eigenvalue weighted by molar-refractivity contribution is -0.114. The zero-order valence-electron chi connectivity index (χ0n) is 14.6. The van der Waals surface area contributed by atoms with Crippen molar-refractivity contribution < 1.29 is 19.1 Å². The number of nitrogens with one attached hydrogen (secondary N) is 2. The molecule has 0 atom stereocenters. The summed E-state index contributed by atoms with van der Waals surface area (Å²) < 4.78 is 10.5. The summed E-state index contributed by atoms with van der Waals surface area (Å²) in [6.45, 7) is 1.92. The maximum Gasteiger partial charge on any atom is 0.251 e. The molecule has 0 fully saturated rings. The summed E-state index contributed by atoms with van der Waals surface area (Å²) in [6, 6.07) is 12.3. The molecule has 0 aliphatic heterocycles. The van der Waals surface area contributed by atoms with Crippen LogP contribution in [-0.4, -0.2) is 32.6 Å². The number of anilines is 1. The van der Waals surface area contributed by atoms with Crippen LogP contribution in [0.2, 0.25) is 0 Å². The van der Waals surface area contributed by atoms with E-state index in [1.807, 2.05) is 18.2 Å². The smallest absolute Gasteiger partial charge is 0.251 e. The summed E-state index contributed by atoms with van der Waals surface area (Å²) in [6.07, 6.45) is 0.642. The van der Waals surface area contributed by atoms with E-state index in [0.29, 0.717) is 24.2 Å². The molecular formula is C19H22N2O4. The van der Waals surface area contributed by atoms with Crippen molar-refractivity contribution in [2.24, 2.45) is 0 Å². The zero-order chi connectivity index (χ0) is 18.2. The van der Waals surface area contributed by atoms with Crippen LogP contribution in [0.25, 0.3) is 0 Å². The van der Waals surface area contributed by atoms with Crippen LogP contribution < -0.4 is 20.1 Å². The second-order valence-corrected chi connectivity index (χ2v) is 5.44. The van der Waals surface area contributed by atoms with Crippen molar-refractivity contribution in [2.75, 3.05) is 26.1 Å². The highest BCUT2D eigenvalue weighted by Gasteiger charge is 2.08. The predicted molar refractivity (Wildman–Crippen MR) is 96.3 cm³/mol. The molecule has 0 aliphatic carbocycles. The van der Waals surface area contributed by atoms with E-state index in [1.54, 1.807) is 38.5 Å². The molecule has 25 heavy (non-hydrogen) atoms. The first-order valence-electron chi connectivity index (χ1n) is 7.90. The molecule has 0 bridgehead atoms. The highest BCUT2D eigenvalue weighted by atomic mass is 16.5. The van der Waals surface area contributed by atoms with Crippen LogP contribution in [0.5, 0.6) is 11.5 Å². The fourth-order valence-corrected chi connectivity index (χ4v) is 2.38. The molecular weight excluding hydrogens is 320 g/mol. The second-order valence-electron chi connectivity index (χ2n) is 5.44. The highest BCUT2D eigenvalue weighted by Crippen LogP contribution is 2.24. The van der Waals surface area contributed by atoms with E-state index in [-0.39, 0.29) is 11.8 Å². The number of benzene rings is 2. The Morgan fingerprint density at radius 1 is 1.00 bits per heavy atom. The van der Waals surface area contributed by atoms with Gasteiger partial charge in [0.1, 0.15) is 11.5 Å². The lowest BCUT2D eigenvalue weighted by Crippen LogP contribution is -2.25. The Hall–Kier alpha value is -3.02.